The van der Waals surface area contributed by atoms with Crippen molar-refractivity contribution in [3.63, 3.8) is 0 Å². The number of aromatic amines is 1. The number of carbonyl (C=O) groups is 1. The lowest BCUT2D eigenvalue weighted by Crippen LogP contribution is -2.36. The van der Waals surface area contributed by atoms with Gasteiger partial charge in [-0.2, -0.15) is 0 Å². The number of H-pyrrole nitrogens is 1. The molecule has 0 aliphatic carbocycles. The number of hydrogen-bond donors (Lipinski definition) is 1. The molecular formula is C24H17ClFN3O2S. The van der Waals surface area contributed by atoms with Crippen LogP contribution in [0.2, 0.25) is 5.02 Å². The molecule has 1 amide bonds. The standard InChI is InChI=1S/C24H17ClFN3O2S/c25-19-12-17(6-8-20(19)26)29-23(31)18-7-5-15(11-21(18)27-24(29)32)22(30)28-10-9-14-3-1-2-4-16(14)13-28/h1-8,11-12H,9-10,13H2,(H,27,32). The Morgan fingerprint density at radius 1 is 1.06 bits per heavy atom. The van der Waals surface area contributed by atoms with Gasteiger partial charge in [-0.15, -0.1) is 0 Å². The summed E-state index contributed by atoms with van der Waals surface area (Å²) < 4.78 is 14.9. The Kier molecular flexibility index (Phi) is 5.15. The maximum Gasteiger partial charge on any atom is 0.266 e. The van der Waals surface area contributed by atoms with E-state index in [4.69, 9.17) is 23.8 Å². The number of benzene rings is 3. The van der Waals surface area contributed by atoms with Gasteiger partial charge in [0, 0.05) is 18.7 Å². The van der Waals surface area contributed by atoms with Gasteiger partial charge in [0.15, 0.2) is 4.77 Å². The minimum atomic E-state index is -0.581. The van der Waals surface area contributed by atoms with Gasteiger partial charge in [-0.3, -0.25) is 14.2 Å². The first kappa shape index (κ1) is 20.6. The summed E-state index contributed by atoms with van der Waals surface area (Å²) in [6.45, 7) is 1.19. The molecule has 0 bridgehead atoms. The van der Waals surface area contributed by atoms with E-state index < -0.39 is 5.82 Å². The summed E-state index contributed by atoms with van der Waals surface area (Å²) in [4.78, 5) is 31.1. The highest BCUT2D eigenvalue weighted by Gasteiger charge is 2.22. The monoisotopic (exact) mass is 465 g/mol. The molecule has 0 saturated carbocycles. The zero-order chi connectivity index (χ0) is 22.4. The molecule has 1 aliphatic heterocycles. The van der Waals surface area contributed by atoms with Gasteiger partial charge in [-0.1, -0.05) is 35.9 Å². The highest BCUT2D eigenvalue weighted by atomic mass is 35.5. The summed E-state index contributed by atoms with van der Waals surface area (Å²) >= 11 is 11.2. The summed E-state index contributed by atoms with van der Waals surface area (Å²) in [7, 11) is 0. The summed E-state index contributed by atoms with van der Waals surface area (Å²) in [5.74, 6) is -0.683. The fourth-order valence-electron chi connectivity index (χ4n) is 4.06. The van der Waals surface area contributed by atoms with Crippen molar-refractivity contribution < 1.29 is 9.18 Å². The topological polar surface area (TPSA) is 58.1 Å². The molecule has 1 N–H and O–H groups in total. The molecule has 2 heterocycles. The molecule has 32 heavy (non-hydrogen) atoms. The summed E-state index contributed by atoms with van der Waals surface area (Å²) in [6.07, 6.45) is 0.808. The SMILES string of the molecule is O=C(c1ccc2c(=O)n(-c3ccc(F)c(Cl)c3)c(=S)[nH]c2c1)N1CCc2ccccc2C1. The van der Waals surface area contributed by atoms with E-state index >= 15 is 0 Å². The van der Waals surface area contributed by atoms with E-state index in [9.17, 15) is 14.0 Å². The lowest BCUT2D eigenvalue weighted by Gasteiger charge is -2.29. The van der Waals surface area contributed by atoms with Crippen molar-refractivity contribution in [2.45, 2.75) is 13.0 Å². The van der Waals surface area contributed by atoms with Crippen LogP contribution in [0.5, 0.6) is 0 Å². The Morgan fingerprint density at radius 3 is 2.62 bits per heavy atom. The highest BCUT2D eigenvalue weighted by Crippen LogP contribution is 2.22. The molecule has 3 aromatic carbocycles. The zero-order valence-electron chi connectivity index (χ0n) is 16.8. The molecule has 0 saturated heterocycles. The number of halogens is 2. The third-order valence-corrected chi connectivity index (χ3v) is 6.30. The van der Waals surface area contributed by atoms with Crippen molar-refractivity contribution in [2.24, 2.45) is 0 Å². The van der Waals surface area contributed by atoms with Crippen LogP contribution in [-0.4, -0.2) is 26.9 Å². The number of rotatable bonds is 2. The first-order valence-electron chi connectivity index (χ1n) is 10.0. The second-order valence-electron chi connectivity index (χ2n) is 7.67. The number of fused-ring (bicyclic) bond motifs is 2. The van der Waals surface area contributed by atoms with Crippen molar-refractivity contribution in [1.29, 1.82) is 0 Å². The average molecular weight is 466 g/mol. The molecule has 0 unspecified atom stereocenters. The minimum Gasteiger partial charge on any atom is -0.334 e. The van der Waals surface area contributed by atoms with Crippen LogP contribution >= 0.6 is 23.8 Å². The van der Waals surface area contributed by atoms with Crippen LogP contribution in [0.3, 0.4) is 0 Å². The number of aromatic nitrogens is 2. The first-order valence-corrected chi connectivity index (χ1v) is 10.8. The molecule has 8 heteroatoms. The third kappa shape index (κ3) is 3.53. The Balaban J connectivity index is 1.52. The second-order valence-corrected chi connectivity index (χ2v) is 8.47. The van der Waals surface area contributed by atoms with Crippen LogP contribution < -0.4 is 5.56 Å². The van der Waals surface area contributed by atoms with Crippen LogP contribution in [-0.2, 0) is 13.0 Å². The molecule has 5 nitrogen and oxygen atoms in total. The summed E-state index contributed by atoms with van der Waals surface area (Å²) in [5, 5.41) is 0.257. The summed E-state index contributed by atoms with van der Waals surface area (Å²) in [6, 6.07) is 17.0. The predicted octanol–water partition coefficient (Wildman–Crippen LogP) is 5.04. The molecule has 4 aromatic rings. The number of nitrogens with zero attached hydrogens (tertiary/aromatic N) is 2. The van der Waals surface area contributed by atoms with Gasteiger partial charge >= 0.3 is 0 Å². The van der Waals surface area contributed by atoms with E-state index in [1.807, 2.05) is 18.2 Å². The van der Waals surface area contributed by atoms with Crippen molar-refractivity contribution in [2.75, 3.05) is 6.54 Å². The van der Waals surface area contributed by atoms with E-state index in [1.54, 1.807) is 23.1 Å². The van der Waals surface area contributed by atoms with Gasteiger partial charge < -0.3 is 9.88 Å². The summed E-state index contributed by atoms with van der Waals surface area (Å²) in [5.41, 5.74) is 3.33. The van der Waals surface area contributed by atoms with Gasteiger partial charge in [0.2, 0.25) is 0 Å². The zero-order valence-corrected chi connectivity index (χ0v) is 18.3. The molecular weight excluding hydrogens is 449 g/mol. The average Bonchev–Trinajstić information content (AvgIpc) is 2.80. The fraction of sp³-hybridized carbons (Fsp3) is 0.125. The maximum atomic E-state index is 13.5. The Morgan fingerprint density at radius 2 is 1.84 bits per heavy atom. The number of amides is 1. The number of carbonyl (C=O) groups excluding carboxylic acids is 1. The largest absolute Gasteiger partial charge is 0.334 e. The van der Waals surface area contributed by atoms with Crippen LogP contribution in [0.1, 0.15) is 21.5 Å². The van der Waals surface area contributed by atoms with Crippen LogP contribution in [0.4, 0.5) is 4.39 Å². The Hall–Kier alpha value is -3.29. The molecule has 0 fully saturated rings. The van der Waals surface area contributed by atoms with Gasteiger partial charge in [0.05, 0.1) is 21.6 Å². The Labute approximate surface area is 192 Å². The van der Waals surface area contributed by atoms with Gasteiger partial charge in [0.1, 0.15) is 5.82 Å². The first-order chi connectivity index (χ1) is 15.4. The number of hydrogen-bond acceptors (Lipinski definition) is 3. The minimum absolute atomic E-state index is 0.102. The molecule has 1 aromatic heterocycles. The van der Waals surface area contributed by atoms with Crippen LogP contribution in [0.25, 0.3) is 16.6 Å². The molecule has 0 radical (unpaired) electrons. The normalized spacial score (nSPS) is 13.2. The van der Waals surface area contributed by atoms with E-state index in [0.29, 0.717) is 35.2 Å². The van der Waals surface area contributed by atoms with Gasteiger partial charge in [-0.05, 0) is 66.2 Å². The number of nitrogens with one attached hydrogen (secondary N) is 1. The fourth-order valence-corrected chi connectivity index (χ4v) is 4.53. The van der Waals surface area contributed by atoms with Crippen molar-refractivity contribution >= 4 is 40.6 Å². The van der Waals surface area contributed by atoms with E-state index in [0.717, 1.165) is 12.0 Å². The molecule has 0 atom stereocenters. The van der Waals surface area contributed by atoms with E-state index in [2.05, 4.69) is 11.1 Å². The van der Waals surface area contributed by atoms with E-state index in [-0.39, 0.29) is 21.3 Å². The quantitative estimate of drug-likeness (QED) is 0.422. The molecule has 5 rings (SSSR count). The van der Waals surface area contributed by atoms with Crippen LogP contribution in [0.15, 0.2) is 65.5 Å². The Bertz CT molecular complexity index is 1510. The maximum absolute atomic E-state index is 13.5. The lowest BCUT2D eigenvalue weighted by molar-refractivity contribution is 0.0735. The second kappa shape index (κ2) is 8.00. The van der Waals surface area contributed by atoms with Crippen molar-refractivity contribution in [3.05, 3.63) is 103 Å². The van der Waals surface area contributed by atoms with Gasteiger partial charge in [0.25, 0.3) is 11.5 Å². The van der Waals surface area contributed by atoms with Gasteiger partial charge in [-0.25, -0.2) is 4.39 Å². The van der Waals surface area contributed by atoms with Crippen molar-refractivity contribution in [1.82, 2.24) is 14.5 Å². The highest BCUT2D eigenvalue weighted by molar-refractivity contribution is 7.71. The van der Waals surface area contributed by atoms with E-state index in [1.165, 1.54) is 28.3 Å². The molecule has 160 valence electrons. The third-order valence-electron chi connectivity index (χ3n) is 5.72. The molecule has 0 spiro atoms. The predicted molar refractivity (Wildman–Crippen MR) is 125 cm³/mol. The molecule has 1 aliphatic rings. The van der Waals surface area contributed by atoms with Crippen LogP contribution in [0, 0.1) is 10.6 Å². The lowest BCUT2D eigenvalue weighted by atomic mass is 9.99. The van der Waals surface area contributed by atoms with Crippen molar-refractivity contribution in [3.8, 4) is 5.69 Å². The smallest absolute Gasteiger partial charge is 0.266 e.